The van der Waals surface area contributed by atoms with Crippen molar-refractivity contribution in [3.8, 4) is 5.75 Å². The molecule has 2 N–H and O–H groups in total. The summed E-state index contributed by atoms with van der Waals surface area (Å²) in [6, 6.07) is 15.1. The van der Waals surface area contributed by atoms with Crippen LogP contribution in [0.4, 0.5) is 5.69 Å². The number of para-hydroxylation sites is 2. The molecule has 0 aromatic heterocycles. The van der Waals surface area contributed by atoms with Gasteiger partial charge >= 0.3 is 0 Å². The fourth-order valence-electron chi connectivity index (χ4n) is 4.12. The van der Waals surface area contributed by atoms with Crippen molar-refractivity contribution in [2.75, 3.05) is 51.7 Å². The van der Waals surface area contributed by atoms with Crippen LogP contribution in [0.25, 0.3) is 0 Å². The monoisotopic (exact) mass is 472 g/mol. The number of anilines is 1. The van der Waals surface area contributed by atoms with Crippen molar-refractivity contribution in [3.63, 3.8) is 0 Å². The lowest BCUT2D eigenvalue weighted by Crippen LogP contribution is -2.43. The zero-order valence-corrected chi connectivity index (χ0v) is 20.1. The molecule has 2 aromatic carbocycles. The highest BCUT2D eigenvalue weighted by atomic mass is 35.5. The number of hydrogen-bond acceptors (Lipinski definition) is 5. The number of amides is 2. The molecule has 2 aromatic rings. The van der Waals surface area contributed by atoms with Crippen molar-refractivity contribution in [1.29, 1.82) is 0 Å². The van der Waals surface area contributed by atoms with E-state index in [9.17, 15) is 9.59 Å². The first kappa shape index (κ1) is 25.0. The number of hydrogen-bond donors (Lipinski definition) is 2. The molecule has 0 spiro atoms. The van der Waals surface area contributed by atoms with Gasteiger partial charge in [0.25, 0.3) is 0 Å². The summed E-state index contributed by atoms with van der Waals surface area (Å²) in [7, 11) is 1.56. The van der Waals surface area contributed by atoms with Gasteiger partial charge in [0.05, 0.1) is 31.9 Å². The number of carbonyl (C=O) groups excluding carboxylic acids is 2. The lowest BCUT2D eigenvalue weighted by Gasteiger charge is -2.29. The van der Waals surface area contributed by atoms with Crippen LogP contribution >= 0.6 is 11.6 Å². The first-order valence-electron chi connectivity index (χ1n) is 11.4. The minimum absolute atomic E-state index is 0.0362. The van der Waals surface area contributed by atoms with Crippen molar-refractivity contribution in [2.24, 2.45) is 0 Å². The second kappa shape index (κ2) is 12.6. The van der Waals surface area contributed by atoms with E-state index in [0.29, 0.717) is 29.5 Å². The predicted molar refractivity (Wildman–Crippen MR) is 132 cm³/mol. The summed E-state index contributed by atoms with van der Waals surface area (Å²) in [5.74, 6) is 0.289. The molecule has 1 aliphatic rings. The van der Waals surface area contributed by atoms with Crippen LogP contribution in [0, 0.1) is 0 Å². The summed E-state index contributed by atoms with van der Waals surface area (Å²) in [4.78, 5) is 29.4. The number of ether oxygens (including phenoxy) is 1. The zero-order valence-electron chi connectivity index (χ0n) is 19.4. The smallest absolute Gasteiger partial charge is 0.238 e. The summed E-state index contributed by atoms with van der Waals surface area (Å²) in [6.45, 7) is 5.24. The van der Waals surface area contributed by atoms with Crippen molar-refractivity contribution in [2.45, 2.75) is 25.8 Å². The van der Waals surface area contributed by atoms with Gasteiger partial charge in [0.15, 0.2) is 0 Å². The quantitative estimate of drug-likeness (QED) is 0.523. The van der Waals surface area contributed by atoms with Gasteiger partial charge in [0.2, 0.25) is 11.8 Å². The van der Waals surface area contributed by atoms with Gasteiger partial charge in [0.1, 0.15) is 5.75 Å². The molecule has 1 aliphatic heterocycles. The van der Waals surface area contributed by atoms with E-state index in [1.165, 1.54) is 0 Å². The Morgan fingerprint density at radius 3 is 2.42 bits per heavy atom. The summed E-state index contributed by atoms with van der Waals surface area (Å²) in [5.41, 5.74) is 1.64. The molecule has 1 saturated heterocycles. The molecule has 1 heterocycles. The minimum atomic E-state index is -0.194. The summed E-state index contributed by atoms with van der Waals surface area (Å²) < 4.78 is 5.28. The number of nitrogens with one attached hydrogen (secondary N) is 2. The van der Waals surface area contributed by atoms with Gasteiger partial charge in [-0.05, 0) is 56.2 Å². The molecule has 8 heteroatoms. The Kier molecular flexibility index (Phi) is 9.54. The van der Waals surface area contributed by atoms with Gasteiger partial charge in [-0.1, -0.05) is 48.9 Å². The van der Waals surface area contributed by atoms with Crippen LogP contribution in [0.1, 0.15) is 31.4 Å². The SMILES string of the molecule is CCN(CC(=O)NCC(c1ccccc1Cl)N1CCCC1)CC(=O)Nc1ccccc1OC. The van der Waals surface area contributed by atoms with Crippen molar-refractivity contribution in [3.05, 3.63) is 59.1 Å². The van der Waals surface area contributed by atoms with Gasteiger partial charge in [-0.15, -0.1) is 0 Å². The van der Waals surface area contributed by atoms with Crippen molar-refractivity contribution in [1.82, 2.24) is 15.1 Å². The van der Waals surface area contributed by atoms with E-state index in [1.807, 2.05) is 43.3 Å². The van der Waals surface area contributed by atoms with Gasteiger partial charge in [0, 0.05) is 11.6 Å². The molecule has 7 nitrogen and oxygen atoms in total. The highest BCUT2D eigenvalue weighted by molar-refractivity contribution is 6.31. The van der Waals surface area contributed by atoms with E-state index < -0.39 is 0 Å². The lowest BCUT2D eigenvalue weighted by atomic mass is 10.1. The molecular weight excluding hydrogens is 440 g/mol. The number of likely N-dealkylation sites (tertiary alicyclic amines) is 1. The molecule has 1 unspecified atom stereocenters. The second-order valence-corrected chi connectivity index (χ2v) is 8.54. The third-order valence-corrected chi connectivity index (χ3v) is 6.25. The first-order chi connectivity index (χ1) is 16.0. The van der Waals surface area contributed by atoms with Crippen LogP contribution < -0.4 is 15.4 Å². The molecule has 178 valence electrons. The molecule has 0 radical (unpaired) electrons. The Morgan fingerprint density at radius 1 is 1.06 bits per heavy atom. The van der Waals surface area contributed by atoms with Crippen molar-refractivity contribution < 1.29 is 14.3 Å². The second-order valence-electron chi connectivity index (χ2n) is 8.14. The average molecular weight is 473 g/mol. The largest absolute Gasteiger partial charge is 0.495 e. The number of benzene rings is 2. The highest BCUT2D eigenvalue weighted by Crippen LogP contribution is 2.29. The van der Waals surface area contributed by atoms with Crippen LogP contribution in [0.2, 0.25) is 5.02 Å². The van der Waals surface area contributed by atoms with Gasteiger partial charge in [-0.25, -0.2) is 0 Å². The zero-order chi connectivity index (χ0) is 23.6. The van der Waals surface area contributed by atoms with E-state index in [0.717, 1.165) is 31.5 Å². The molecule has 1 fully saturated rings. The Hall–Kier alpha value is -2.61. The Labute approximate surface area is 201 Å². The van der Waals surface area contributed by atoms with Gasteiger partial charge in [-0.2, -0.15) is 0 Å². The van der Waals surface area contributed by atoms with E-state index in [1.54, 1.807) is 24.1 Å². The van der Waals surface area contributed by atoms with Gasteiger partial charge < -0.3 is 15.4 Å². The van der Waals surface area contributed by atoms with E-state index >= 15 is 0 Å². The molecular formula is C25H33ClN4O3. The molecule has 0 aliphatic carbocycles. The topological polar surface area (TPSA) is 73.9 Å². The molecule has 1 atom stereocenters. The van der Waals surface area contributed by atoms with E-state index in [2.05, 4.69) is 15.5 Å². The van der Waals surface area contributed by atoms with Crippen LogP contribution in [0.5, 0.6) is 5.75 Å². The summed E-state index contributed by atoms with van der Waals surface area (Å²) in [6.07, 6.45) is 2.31. The van der Waals surface area contributed by atoms with E-state index in [4.69, 9.17) is 16.3 Å². The number of likely N-dealkylation sites (N-methyl/N-ethyl adjacent to an activating group) is 1. The van der Waals surface area contributed by atoms with Crippen LogP contribution in [-0.2, 0) is 9.59 Å². The molecule has 0 saturated carbocycles. The first-order valence-corrected chi connectivity index (χ1v) is 11.8. The average Bonchev–Trinajstić information content (AvgIpc) is 3.35. The standard InChI is InChI=1S/C25H33ClN4O3/c1-3-29(18-25(32)28-21-12-6-7-13-23(21)33-2)17-24(31)27-16-22(30-14-8-9-15-30)19-10-4-5-11-20(19)26/h4-7,10-13,22H,3,8-9,14-18H2,1-2H3,(H,27,31)(H,28,32). The Morgan fingerprint density at radius 2 is 1.73 bits per heavy atom. The lowest BCUT2D eigenvalue weighted by molar-refractivity contribution is -0.123. The van der Waals surface area contributed by atoms with Crippen molar-refractivity contribution >= 4 is 29.1 Å². The fourth-order valence-corrected chi connectivity index (χ4v) is 4.39. The fraction of sp³-hybridized carbons (Fsp3) is 0.440. The maximum atomic E-state index is 12.7. The molecule has 3 rings (SSSR count). The summed E-state index contributed by atoms with van der Waals surface area (Å²) in [5, 5.41) is 6.63. The maximum absolute atomic E-state index is 12.7. The summed E-state index contributed by atoms with van der Waals surface area (Å²) >= 11 is 6.46. The number of methoxy groups -OCH3 is 1. The molecule has 2 amide bonds. The van der Waals surface area contributed by atoms with E-state index in [-0.39, 0.29) is 30.9 Å². The van der Waals surface area contributed by atoms with Crippen LogP contribution in [0.3, 0.4) is 0 Å². The Bertz CT molecular complexity index is 933. The minimum Gasteiger partial charge on any atom is -0.495 e. The highest BCUT2D eigenvalue weighted by Gasteiger charge is 2.26. The molecule has 33 heavy (non-hydrogen) atoms. The number of nitrogens with zero attached hydrogens (tertiary/aromatic N) is 2. The third kappa shape index (κ3) is 7.19. The number of carbonyl (C=O) groups is 2. The normalized spacial score (nSPS) is 14.8. The number of halogens is 1. The molecule has 0 bridgehead atoms. The van der Waals surface area contributed by atoms with Crippen LogP contribution in [-0.4, -0.2) is 68.0 Å². The van der Waals surface area contributed by atoms with Gasteiger partial charge in [-0.3, -0.25) is 19.4 Å². The third-order valence-electron chi connectivity index (χ3n) is 5.90. The van der Waals surface area contributed by atoms with Crippen LogP contribution in [0.15, 0.2) is 48.5 Å². The predicted octanol–water partition coefficient (Wildman–Crippen LogP) is 3.56. The number of rotatable bonds is 11. The maximum Gasteiger partial charge on any atom is 0.238 e. The Balaban J connectivity index is 1.55.